The maximum absolute atomic E-state index is 12.3. The zero-order valence-corrected chi connectivity index (χ0v) is 10.6. The lowest BCUT2D eigenvalue weighted by atomic mass is 10.1. The van der Waals surface area contributed by atoms with Gasteiger partial charge in [0, 0.05) is 11.9 Å². The largest absolute Gasteiger partial charge is 0.394 e. The highest BCUT2D eigenvalue weighted by Crippen LogP contribution is 2.21. The number of rotatable bonds is 3. The van der Waals surface area contributed by atoms with E-state index >= 15 is 0 Å². The van der Waals surface area contributed by atoms with E-state index in [0.717, 1.165) is 24.8 Å². The van der Waals surface area contributed by atoms with Crippen molar-refractivity contribution >= 4 is 16.9 Å². The average Bonchev–Trinajstić information content (AvgIpc) is 3.05. The number of fused-ring (bicyclic) bond motifs is 1. The molecule has 0 bridgehead atoms. The van der Waals surface area contributed by atoms with Crippen LogP contribution in [0.3, 0.4) is 0 Å². The van der Waals surface area contributed by atoms with Crippen molar-refractivity contribution in [3.05, 3.63) is 30.0 Å². The molecule has 1 N–H and O–H groups in total. The Labute approximate surface area is 110 Å². The highest BCUT2D eigenvalue weighted by Gasteiger charge is 2.28. The molecule has 1 fully saturated rings. The van der Waals surface area contributed by atoms with E-state index < -0.39 is 0 Å². The second-order valence-electron chi connectivity index (χ2n) is 4.87. The minimum absolute atomic E-state index is 0.00982. The summed E-state index contributed by atoms with van der Waals surface area (Å²) in [5.41, 5.74) is 1.37. The Hall–Kier alpha value is -1.88. The van der Waals surface area contributed by atoms with Gasteiger partial charge < -0.3 is 14.5 Å². The zero-order valence-electron chi connectivity index (χ0n) is 10.6. The number of aliphatic hydroxyl groups is 1. The van der Waals surface area contributed by atoms with E-state index in [4.69, 9.17) is 4.52 Å². The average molecular weight is 260 g/mol. The Kier molecular flexibility index (Phi) is 3.21. The smallest absolute Gasteiger partial charge is 0.229 e. The lowest BCUT2D eigenvalue weighted by molar-refractivity contribution is -0.132. The molecule has 0 saturated carbocycles. The molecule has 0 radical (unpaired) electrons. The third kappa shape index (κ3) is 2.21. The van der Waals surface area contributed by atoms with Crippen LogP contribution in [0.25, 0.3) is 11.0 Å². The predicted octanol–water partition coefficient (Wildman–Crippen LogP) is 1.35. The molecule has 1 aliphatic rings. The van der Waals surface area contributed by atoms with Crippen LogP contribution in [0.4, 0.5) is 0 Å². The van der Waals surface area contributed by atoms with Gasteiger partial charge in [-0.3, -0.25) is 4.79 Å². The molecule has 1 aromatic carbocycles. The van der Waals surface area contributed by atoms with Crippen LogP contribution in [0.2, 0.25) is 0 Å². The lowest BCUT2D eigenvalue weighted by Crippen LogP contribution is -2.38. The van der Waals surface area contributed by atoms with Crippen molar-refractivity contribution in [3.8, 4) is 0 Å². The number of benzene rings is 1. The van der Waals surface area contributed by atoms with Crippen molar-refractivity contribution in [3.63, 3.8) is 0 Å². The molecule has 0 spiro atoms. The van der Waals surface area contributed by atoms with E-state index in [1.165, 1.54) is 0 Å². The molecule has 2 heterocycles. The molecule has 2 aromatic rings. The second kappa shape index (κ2) is 5.01. The van der Waals surface area contributed by atoms with Crippen molar-refractivity contribution in [2.75, 3.05) is 13.2 Å². The van der Waals surface area contributed by atoms with Gasteiger partial charge in [0.05, 0.1) is 19.1 Å². The highest BCUT2D eigenvalue weighted by molar-refractivity contribution is 5.86. The van der Waals surface area contributed by atoms with E-state index in [-0.39, 0.29) is 25.0 Å². The Morgan fingerprint density at radius 3 is 3.16 bits per heavy atom. The molecule has 100 valence electrons. The fraction of sp³-hybridized carbons (Fsp3) is 0.429. The van der Waals surface area contributed by atoms with Crippen LogP contribution in [0, 0.1) is 0 Å². The topological polar surface area (TPSA) is 66.6 Å². The maximum atomic E-state index is 12.3. The van der Waals surface area contributed by atoms with E-state index in [1.807, 2.05) is 24.3 Å². The van der Waals surface area contributed by atoms with Gasteiger partial charge in [-0.15, -0.1) is 0 Å². The predicted molar refractivity (Wildman–Crippen MR) is 69.5 cm³/mol. The fourth-order valence-corrected chi connectivity index (χ4v) is 2.66. The van der Waals surface area contributed by atoms with Gasteiger partial charge in [0.25, 0.3) is 0 Å². The number of para-hydroxylation sites is 1. The van der Waals surface area contributed by atoms with Gasteiger partial charge in [0.1, 0.15) is 5.69 Å². The number of nitrogens with zero attached hydrogens (tertiary/aromatic N) is 2. The molecule has 5 heteroatoms. The molecule has 0 unspecified atom stereocenters. The third-order valence-electron chi connectivity index (χ3n) is 3.68. The highest BCUT2D eigenvalue weighted by atomic mass is 16.5. The molecular formula is C14H16N2O3. The van der Waals surface area contributed by atoms with Crippen LogP contribution in [0.1, 0.15) is 18.5 Å². The SMILES string of the molecule is O=C(Cc1noc2ccccc12)N1CCC[C@@H]1CO. The van der Waals surface area contributed by atoms with Crippen LogP contribution in [-0.4, -0.2) is 40.3 Å². The summed E-state index contributed by atoms with van der Waals surface area (Å²) in [7, 11) is 0. The van der Waals surface area contributed by atoms with Gasteiger partial charge in [-0.25, -0.2) is 0 Å². The molecule has 19 heavy (non-hydrogen) atoms. The first-order valence-electron chi connectivity index (χ1n) is 6.53. The zero-order chi connectivity index (χ0) is 13.2. The Morgan fingerprint density at radius 2 is 2.32 bits per heavy atom. The van der Waals surface area contributed by atoms with Crippen LogP contribution in [-0.2, 0) is 11.2 Å². The Balaban J connectivity index is 1.79. The molecular weight excluding hydrogens is 244 g/mol. The Bertz CT molecular complexity index is 593. The molecule has 5 nitrogen and oxygen atoms in total. The van der Waals surface area contributed by atoms with Gasteiger partial charge >= 0.3 is 0 Å². The standard InChI is InChI=1S/C14H16N2O3/c17-9-10-4-3-7-16(10)14(18)8-12-11-5-1-2-6-13(11)19-15-12/h1-2,5-6,10,17H,3-4,7-9H2/t10-/m1/s1. The summed E-state index contributed by atoms with van der Waals surface area (Å²) in [5.74, 6) is 0.00982. The lowest BCUT2D eigenvalue weighted by Gasteiger charge is -2.22. The quantitative estimate of drug-likeness (QED) is 0.904. The van der Waals surface area contributed by atoms with Gasteiger partial charge in [0.15, 0.2) is 5.58 Å². The summed E-state index contributed by atoms with van der Waals surface area (Å²) in [4.78, 5) is 14.0. The monoisotopic (exact) mass is 260 g/mol. The fourth-order valence-electron chi connectivity index (χ4n) is 2.66. The molecule has 3 rings (SSSR count). The van der Waals surface area contributed by atoms with Crippen LogP contribution in [0.15, 0.2) is 28.8 Å². The maximum Gasteiger partial charge on any atom is 0.229 e. The molecule has 1 amide bonds. The summed E-state index contributed by atoms with van der Waals surface area (Å²) in [5, 5.41) is 14.1. The molecule has 1 aliphatic heterocycles. The minimum Gasteiger partial charge on any atom is -0.394 e. The first-order chi connectivity index (χ1) is 9.29. The van der Waals surface area contributed by atoms with Gasteiger partial charge in [-0.05, 0) is 25.0 Å². The number of carbonyl (C=O) groups excluding carboxylic acids is 1. The third-order valence-corrected chi connectivity index (χ3v) is 3.68. The summed E-state index contributed by atoms with van der Waals surface area (Å²) in [6.45, 7) is 0.755. The number of aliphatic hydroxyl groups excluding tert-OH is 1. The van der Waals surface area contributed by atoms with Crippen molar-refractivity contribution in [2.45, 2.75) is 25.3 Å². The summed E-state index contributed by atoms with van der Waals surface area (Å²) in [6, 6.07) is 7.48. The number of carbonyl (C=O) groups is 1. The number of aromatic nitrogens is 1. The second-order valence-corrected chi connectivity index (χ2v) is 4.87. The van der Waals surface area contributed by atoms with Gasteiger partial charge in [0.2, 0.25) is 5.91 Å². The number of hydrogen-bond acceptors (Lipinski definition) is 4. The first kappa shape index (κ1) is 12.2. The Morgan fingerprint density at radius 1 is 1.47 bits per heavy atom. The van der Waals surface area contributed by atoms with Crippen LogP contribution in [0.5, 0.6) is 0 Å². The normalized spacial score (nSPS) is 19.2. The van der Waals surface area contributed by atoms with Crippen molar-refractivity contribution < 1.29 is 14.4 Å². The minimum atomic E-state index is -0.0364. The summed E-state index contributed by atoms with van der Waals surface area (Å²) in [6.07, 6.45) is 2.06. The molecule has 1 saturated heterocycles. The van der Waals surface area contributed by atoms with E-state index in [9.17, 15) is 9.90 Å². The molecule has 1 aromatic heterocycles. The van der Waals surface area contributed by atoms with Crippen molar-refractivity contribution in [1.82, 2.24) is 10.1 Å². The first-order valence-corrected chi connectivity index (χ1v) is 6.53. The van der Waals surface area contributed by atoms with Crippen molar-refractivity contribution in [1.29, 1.82) is 0 Å². The summed E-state index contributed by atoms with van der Waals surface area (Å²) >= 11 is 0. The van der Waals surface area contributed by atoms with E-state index in [1.54, 1.807) is 4.90 Å². The number of hydrogen-bond donors (Lipinski definition) is 1. The van der Waals surface area contributed by atoms with Gasteiger partial charge in [-0.2, -0.15) is 0 Å². The molecule has 1 atom stereocenters. The molecule has 0 aliphatic carbocycles. The van der Waals surface area contributed by atoms with Crippen LogP contribution < -0.4 is 0 Å². The number of amides is 1. The summed E-state index contributed by atoms with van der Waals surface area (Å²) < 4.78 is 5.20. The number of likely N-dealkylation sites (tertiary alicyclic amines) is 1. The van der Waals surface area contributed by atoms with E-state index in [0.29, 0.717) is 11.3 Å². The van der Waals surface area contributed by atoms with Gasteiger partial charge in [-0.1, -0.05) is 17.3 Å². The van der Waals surface area contributed by atoms with E-state index in [2.05, 4.69) is 5.16 Å². The van der Waals surface area contributed by atoms with Crippen LogP contribution >= 0.6 is 0 Å². The van der Waals surface area contributed by atoms with Crippen molar-refractivity contribution in [2.24, 2.45) is 0 Å².